The van der Waals surface area contributed by atoms with E-state index in [2.05, 4.69) is 17.3 Å². The number of nitrogens with one attached hydrogen (secondary N) is 1. The van der Waals surface area contributed by atoms with Gasteiger partial charge in [0, 0.05) is 39.0 Å². The zero-order valence-corrected chi connectivity index (χ0v) is 13.9. The molecule has 6 heteroatoms. The molecule has 0 radical (unpaired) electrons. The van der Waals surface area contributed by atoms with Crippen LogP contribution in [0.1, 0.15) is 36.2 Å². The molecule has 1 atom stereocenters. The van der Waals surface area contributed by atoms with Gasteiger partial charge < -0.3 is 15.3 Å². The van der Waals surface area contributed by atoms with Crippen molar-refractivity contribution in [2.45, 2.75) is 39.5 Å². The highest BCUT2D eigenvalue weighted by molar-refractivity contribution is 5.74. The van der Waals surface area contributed by atoms with Crippen molar-refractivity contribution < 1.29 is 9.90 Å². The van der Waals surface area contributed by atoms with Gasteiger partial charge in [-0.1, -0.05) is 0 Å². The van der Waals surface area contributed by atoms with E-state index in [0.29, 0.717) is 13.1 Å². The summed E-state index contributed by atoms with van der Waals surface area (Å²) in [5.74, 6) is 0.236. The minimum absolute atomic E-state index is 0.00206. The summed E-state index contributed by atoms with van der Waals surface area (Å²) in [4.78, 5) is 13.9. The third kappa shape index (κ3) is 4.00. The Kier molecular flexibility index (Phi) is 5.83. The van der Waals surface area contributed by atoms with Gasteiger partial charge in [-0.05, 0) is 51.0 Å². The molecular formula is C16H28N4O2. The van der Waals surface area contributed by atoms with Crippen molar-refractivity contribution in [2.24, 2.45) is 13.0 Å². The first-order chi connectivity index (χ1) is 10.5. The first-order valence-electron chi connectivity index (χ1n) is 8.15. The molecule has 2 N–H and O–H groups in total. The van der Waals surface area contributed by atoms with Crippen LogP contribution in [0.3, 0.4) is 0 Å². The summed E-state index contributed by atoms with van der Waals surface area (Å²) in [6, 6.07) is -0.00206. The number of piperidine rings is 1. The first-order valence-corrected chi connectivity index (χ1v) is 8.15. The fourth-order valence-corrected chi connectivity index (χ4v) is 3.15. The second-order valence-corrected chi connectivity index (χ2v) is 6.25. The summed E-state index contributed by atoms with van der Waals surface area (Å²) in [6.45, 7) is 6.42. The number of carbonyl (C=O) groups excluding carboxylic acids is 1. The van der Waals surface area contributed by atoms with Crippen LogP contribution in [0.2, 0.25) is 0 Å². The van der Waals surface area contributed by atoms with Crippen LogP contribution in [-0.4, -0.2) is 52.1 Å². The molecule has 0 spiro atoms. The average Bonchev–Trinajstić information content (AvgIpc) is 2.77. The van der Waals surface area contributed by atoms with Crippen LogP contribution in [0.15, 0.2) is 0 Å². The largest absolute Gasteiger partial charge is 0.396 e. The number of nitrogens with zero attached hydrogens (tertiary/aromatic N) is 3. The lowest BCUT2D eigenvalue weighted by molar-refractivity contribution is 0.129. The van der Waals surface area contributed by atoms with E-state index in [1.165, 1.54) is 11.3 Å². The standard InChI is InChI=1S/C16H28N4O2/c1-12-15(13(2)19(3)18-12)7-4-8-17-16(22)20-9-5-6-14(10-20)11-21/h14,21H,4-11H2,1-3H3,(H,17,22). The molecule has 2 rings (SSSR count). The van der Waals surface area contributed by atoms with E-state index in [0.717, 1.165) is 37.9 Å². The van der Waals surface area contributed by atoms with Gasteiger partial charge in [0.15, 0.2) is 0 Å². The van der Waals surface area contributed by atoms with Gasteiger partial charge in [-0.2, -0.15) is 5.10 Å². The summed E-state index contributed by atoms with van der Waals surface area (Å²) in [5, 5.41) is 16.6. The molecule has 1 aliphatic heterocycles. The third-order valence-electron chi connectivity index (χ3n) is 4.60. The summed E-state index contributed by atoms with van der Waals surface area (Å²) in [7, 11) is 1.96. The van der Waals surface area contributed by atoms with Gasteiger partial charge in [-0.25, -0.2) is 4.79 Å². The summed E-state index contributed by atoms with van der Waals surface area (Å²) >= 11 is 0. The molecule has 1 aromatic heterocycles. The smallest absolute Gasteiger partial charge is 0.317 e. The first kappa shape index (κ1) is 16.8. The Bertz CT molecular complexity index is 512. The van der Waals surface area contributed by atoms with E-state index in [1.807, 2.05) is 23.6 Å². The fraction of sp³-hybridized carbons (Fsp3) is 0.750. The van der Waals surface area contributed by atoms with Crippen molar-refractivity contribution in [3.8, 4) is 0 Å². The van der Waals surface area contributed by atoms with Gasteiger partial charge >= 0.3 is 6.03 Å². The number of amides is 2. The maximum atomic E-state index is 12.1. The van der Waals surface area contributed by atoms with Crippen LogP contribution in [0.4, 0.5) is 4.79 Å². The van der Waals surface area contributed by atoms with Crippen LogP contribution >= 0.6 is 0 Å². The molecule has 6 nitrogen and oxygen atoms in total. The van der Waals surface area contributed by atoms with E-state index >= 15 is 0 Å². The highest BCUT2D eigenvalue weighted by atomic mass is 16.3. The van der Waals surface area contributed by atoms with Crippen LogP contribution in [-0.2, 0) is 13.5 Å². The van der Waals surface area contributed by atoms with Gasteiger partial charge in [0.25, 0.3) is 0 Å². The second-order valence-electron chi connectivity index (χ2n) is 6.25. The number of aliphatic hydroxyl groups excluding tert-OH is 1. The number of aliphatic hydroxyl groups is 1. The minimum Gasteiger partial charge on any atom is -0.396 e. The summed E-state index contributed by atoms with van der Waals surface area (Å²) in [6.07, 6.45) is 3.84. The van der Waals surface area contributed by atoms with Crippen LogP contribution in [0, 0.1) is 19.8 Å². The zero-order chi connectivity index (χ0) is 16.1. The molecular weight excluding hydrogens is 280 g/mol. The van der Waals surface area contributed by atoms with Gasteiger partial charge in [0.1, 0.15) is 0 Å². The number of hydrogen-bond acceptors (Lipinski definition) is 3. The summed E-state index contributed by atoms with van der Waals surface area (Å²) < 4.78 is 1.91. The number of carbonyl (C=O) groups is 1. The number of rotatable bonds is 5. The summed E-state index contributed by atoms with van der Waals surface area (Å²) in [5.41, 5.74) is 3.56. The number of aryl methyl sites for hydroxylation is 2. The van der Waals surface area contributed by atoms with E-state index in [-0.39, 0.29) is 18.6 Å². The molecule has 1 aliphatic rings. The predicted octanol–water partition coefficient (Wildman–Crippen LogP) is 1.38. The van der Waals surface area contributed by atoms with E-state index in [4.69, 9.17) is 0 Å². The maximum absolute atomic E-state index is 12.1. The maximum Gasteiger partial charge on any atom is 0.317 e. The topological polar surface area (TPSA) is 70.4 Å². The molecule has 0 aromatic carbocycles. The Morgan fingerprint density at radius 2 is 2.23 bits per heavy atom. The Balaban J connectivity index is 1.73. The Hall–Kier alpha value is -1.56. The SMILES string of the molecule is Cc1nn(C)c(C)c1CCCNC(=O)N1CCCC(CO)C1. The van der Waals surface area contributed by atoms with Crippen molar-refractivity contribution >= 4 is 6.03 Å². The lowest BCUT2D eigenvalue weighted by atomic mass is 9.99. The number of likely N-dealkylation sites (tertiary alicyclic amines) is 1. The predicted molar refractivity (Wildman–Crippen MR) is 85.8 cm³/mol. The van der Waals surface area contributed by atoms with Gasteiger partial charge in [0.05, 0.1) is 5.69 Å². The molecule has 0 saturated carbocycles. The Morgan fingerprint density at radius 1 is 1.45 bits per heavy atom. The minimum atomic E-state index is -0.00206. The van der Waals surface area contributed by atoms with Gasteiger partial charge in [-0.15, -0.1) is 0 Å². The highest BCUT2D eigenvalue weighted by Gasteiger charge is 2.22. The van der Waals surface area contributed by atoms with E-state index in [9.17, 15) is 9.90 Å². The van der Waals surface area contributed by atoms with Crippen LogP contribution in [0.5, 0.6) is 0 Å². The molecule has 2 heterocycles. The van der Waals surface area contributed by atoms with E-state index < -0.39 is 0 Å². The van der Waals surface area contributed by atoms with Crippen LogP contribution < -0.4 is 5.32 Å². The highest BCUT2D eigenvalue weighted by Crippen LogP contribution is 2.16. The van der Waals surface area contributed by atoms with Crippen molar-refractivity contribution in [3.05, 3.63) is 17.0 Å². The molecule has 0 bridgehead atoms. The normalized spacial score (nSPS) is 18.5. The lowest BCUT2D eigenvalue weighted by Gasteiger charge is -2.31. The number of hydrogen-bond donors (Lipinski definition) is 2. The second kappa shape index (κ2) is 7.63. The average molecular weight is 308 g/mol. The van der Waals surface area contributed by atoms with Crippen molar-refractivity contribution in [1.82, 2.24) is 20.0 Å². The Morgan fingerprint density at radius 3 is 2.86 bits per heavy atom. The molecule has 1 unspecified atom stereocenters. The number of aromatic nitrogens is 2. The lowest BCUT2D eigenvalue weighted by Crippen LogP contribution is -2.46. The number of urea groups is 1. The molecule has 22 heavy (non-hydrogen) atoms. The Labute approximate surface area is 132 Å². The third-order valence-corrected chi connectivity index (χ3v) is 4.60. The van der Waals surface area contributed by atoms with Crippen molar-refractivity contribution in [3.63, 3.8) is 0 Å². The molecule has 2 amide bonds. The zero-order valence-electron chi connectivity index (χ0n) is 13.9. The molecule has 0 aliphatic carbocycles. The van der Waals surface area contributed by atoms with Gasteiger partial charge in [0.2, 0.25) is 0 Å². The monoisotopic (exact) mass is 308 g/mol. The molecule has 1 fully saturated rings. The van der Waals surface area contributed by atoms with E-state index in [1.54, 1.807) is 0 Å². The molecule has 124 valence electrons. The molecule has 1 saturated heterocycles. The van der Waals surface area contributed by atoms with Gasteiger partial charge in [-0.3, -0.25) is 4.68 Å². The molecule has 1 aromatic rings. The van der Waals surface area contributed by atoms with Crippen molar-refractivity contribution in [1.29, 1.82) is 0 Å². The van der Waals surface area contributed by atoms with Crippen LogP contribution in [0.25, 0.3) is 0 Å². The fourth-order valence-electron chi connectivity index (χ4n) is 3.15. The quantitative estimate of drug-likeness (QED) is 0.808. The van der Waals surface area contributed by atoms with Crippen molar-refractivity contribution in [2.75, 3.05) is 26.2 Å².